The van der Waals surface area contributed by atoms with Gasteiger partial charge in [0, 0.05) is 19.6 Å². The molecule has 3 nitrogen and oxygen atoms in total. The monoisotopic (exact) mass is 275 g/mol. The minimum Gasteiger partial charge on any atom is -0.488 e. The number of likely N-dealkylation sites (N-methyl/N-ethyl adjacent to an activating group) is 1. The van der Waals surface area contributed by atoms with Gasteiger partial charge in [0.15, 0.2) is 0 Å². The lowest BCUT2D eigenvalue weighted by Gasteiger charge is -2.43. The molecule has 3 rings (SSSR count). The van der Waals surface area contributed by atoms with Crippen molar-refractivity contribution in [2.75, 3.05) is 13.7 Å². The van der Waals surface area contributed by atoms with E-state index in [0.29, 0.717) is 6.04 Å². The average molecular weight is 275 g/mol. The molecular formula is C17H25NO2. The fourth-order valence-corrected chi connectivity index (χ4v) is 3.43. The maximum atomic E-state index is 6.13. The highest BCUT2D eigenvalue weighted by atomic mass is 16.5. The molecule has 110 valence electrons. The van der Waals surface area contributed by atoms with Crippen LogP contribution in [0.3, 0.4) is 0 Å². The Morgan fingerprint density at radius 2 is 2.00 bits per heavy atom. The van der Waals surface area contributed by atoms with Gasteiger partial charge in [0.25, 0.3) is 0 Å². The van der Waals surface area contributed by atoms with E-state index in [4.69, 9.17) is 9.47 Å². The first kappa shape index (κ1) is 13.9. The molecular weight excluding hydrogens is 250 g/mol. The van der Waals surface area contributed by atoms with Crippen molar-refractivity contribution < 1.29 is 9.47 Å². The zero-order chi connectivity index (χ0) is 13.9. The third-order valence-electron chi connectivity index (χ3n) is 4.60. The van der Waals surface area contributed by atoms with Crippen molar-refractivity contribution in [1.29, 1.82) is 0 Å². The van der Waals surface area contributed by atoms with Gasteiger partial charge in [0.05, 0.1) is 0 Å². The van der Waals surface area contributed by atoms with Gasteiger partial charge in [-0.05, 0) is 55.5 Å². The Morgan fingerprint density at radius 3 is 2.75 bits per heavy atom. The Kier molecular flexibility index (Phi) is 4.27. The lowest BCUT2D eigenvalue weighted by atomic mass is 9.85. The van der Waals surface area contributed by atoms with Crippen LogP contribution in [0.25, 0.3) is 0 Å². The highest BCUT2D eigenvalue weighted by Gasteiger charge is 2.42. The second-order valence-corrected chi connectivity index (χ2v) is 5.89. The maximum absolute atomic E-state index is 6.13. The number of aryl methyl sites for hydroxylation is 2. The summed E-state index contributed by atoms with van der Waals surface area (Å²) in [4.78, 5) is 0. The first-order valence-corrected chi connectivity index (χ1v) is 7.86. The lowest BCUT2D eigenvalue weighted by Crippen LogP contribution is -2.60. The summed E-state index contributed by atoms with van der Waals surface area (Å²) in [6, 6.07) is 7.04. The summed E-state index contributed by atoms with van der Waals surface area (Å²) >= 11 is 0. The van der Waals surface area contributed by atoms with E-state index in [1.165, 1.54) is 36.8 Å². The summed E-state index contributed by atoms with van der Waals surface area (Å²) in [5.74, 6) is 1.01. The van der Waals surface area contributed by atoms with Crippen LogP contribution in [0.2, 0.25) is 0 Å². The summed E-state index contributed by atoms with van der Waals surface area (Å²) in [5.41, 5.74) is 2.98. The summed E-state index contributed by atoms with van der Waals surface area (Å²) in [7, 11) is 1.78. The van der Waals surface area contributed by atoms with Crippen molar-refractivity contribution in [3.05, 3.63) is 29.3 Å². The van der Waals surface area contributed by atoms with E-state index in [1.54, 1.807) is 7.11 Å². The zero-order valence-electron chi connectivity index (χ0n) is 12.5. The molecule has 0 aromatic heterocycles. The molecule has 1 fully saturated rings. The van der Waals surface area contributed by atoms with Gasteiger partial charge in [-0.3, -0.25) is 0 Å². The molecule has 0 bridgehead atoms. The van der Waals surface area contributed by atoms with Gasteiger partial charge in [-0.2, -0.15) is 0 Å². The summed E-state index contributed by atoms with van der Waals surface area (Å²) in [5, 5.41) is 3.44. The molecule has 0 radical (unpaired) electrons. The number of ether oxygens (including phenoxy) is 2. The molecule has 3 heteroatoms. The Bertz CT molecular complexity index is 460. The highest BCUT2D eigenvalue weighted by Crippen LogP contribution is 2.31. The van der Waals surface area contributed by atoms with Crippen LogP contribution in [0.5, 0.6) is 5.75 Å². The van der Waals surface area contributed by atoms with E-state index in [9.17, 15) is 0 Å². The van der Waals surface area contributed by atoms with Crippen molar-refractivity contribution in [3.63, 3.8) is 0 Å². The summed E-state index contributed by atoms with van der Waals surface area (Å²) < 4.78 is 11.7. The van der Waals surface area contributed by atoms with E-state index >= 15 is 0 Å². The number of hydrogen-bond acceptors (Lipinski definition) is 3. The van der Waals surface area contributed by atoms with Crippen molar-refractivity contribution in [3.8, 4) is 5.75 Å². The average Bonchev–Trinajstić information content (AvgIpc) is 2.46. The predicted molar refractivity (Wildman–Crippen MR) is 80.4 cm³/mol. The Balaban J connectivity index is 1.63. The number of methoxy groups -OCH3 is 1. The number of fused-ring (bicyclic) bond motifs is 1. The molecule has 20 heavy (non-hydrogen) atoms. The van der Waals surface area contributed by atoms with E-state index in [1.807, 2.05) is 0 Å². The normalized spacial score (nSPS) is 28.6. The summed E-state index contributed by atoms with van der Waals surface area (Å²) in [6.45, 7) is 3.11. The lowest BCUT2D eigenvalue weighted by molar-refractivity contribution is -0.0884. The second kappa shape index (κ2) is 6.15. The first-order valence-electron chi connectivity index (χ1n) is 7.86. The van der Waals surface area contributed by atoms with Crippen LogP contribution in [0.1, 0.15) is 37.3 Å². The second-order valence-electron chi connectivity index (χ2n) is 5.89. The fourth-order valence-electron chi connectivity index (χ4n) is 3.43. The molecule has 0 heterocycles. The SMILES string of the molecule is CCNC1CC(Oc2ccc3c(c2)CCCC3)C1OC. The minimum absolute atomic E-state index is 0.172. The molecule has 1 N–H and O–H groups in total. The molecule has 0 saturated heterocycles. The molecule has 0 amide bonds. The van der Waals surface area contributed by atoms with Crippen molar-refractivity contribution in [2.24, 2.45) is 0 Å². The van der Waals surface area contributed by atoms with Gasteiger partial charge in [0.2, 0.25) is 0 Å². The first-order chi connectivity index (χ1) is 9.81. The predicted octanol–water partition coefficient (Wildman–Crippen LogP) is 2.71. The third kappa shape index (κ3) is 2.70. The molecule has 2 aliphatic rings. The number of rotatable bonds is 5. The number of nitrogens with one attached hydrogen (secondary N) is 1. The molecule has 3 atom stereocenters. The van der Waals surface area contributed by atoms with Crippen molar-refractivity contribution in [1.82, 2.24) is 5.32 Å². The molecule has 0 aliphatic heterocycles. The molecule has 0 spiro atoms. The van der Waals surface area contributed by atoms with Crippen LogP contribution >= 0.6 is 0 Å². The van der Waals surface area contributed by atoms with Crippen LogP contribution < -0.4 is 10.1 Å². The van der Waals surface area contributed by atoms with Gasteiger partial charge in [0.1, 0.15) is 18.0 Å². The molecule has 1 aromatic carbocycles. The Hall–Kier alpha value is -1.06. The van der Waals surface area contributed by atoms with Crippen molar-refractivity contribution >= 4 is 0 Å². The molecule has 2 aliphatic carbocycles. The Labute approximate surface area is 121 Å². The standard InChI is InChI=1S/C17H25NO2/c1-3-18-15-11-16(17(15)19-2)20-14-9-8-12-6-4-5-7-13(12)10-14/h8-10,15-18H,3-7,11H2,1-2H3. The summed E-state index contributed by atoms with van der Waals surface area (Å²) in [6.07, 6.45) is 6.45. The molecule has 3 unspecified atom stereocenters. The van der Waals surface area contributed by atoms with Crippen LogP contribution in [-0.2, 0) is 17.6 Å². The van der Waals surface area contributed by atoms with Gasteiger partial charge in [-0.15, -0.1) is 0 Å². The van der Waals surface area contributed by atoms with Gasteiger partial charge < -0.3 is 14.8 Å². The fraction of sp³-hybridized carbons (Fsp3) is 0.647. The number of benzene rings is 1. The van der Waals surface area contributed by atoms with Crippen LogP contribution in [0.4, 0.5) is 0 Å². The molecule has 1 aromatic rings. The quantitative estimate of drug-likeness (QED) is 0.896. The molecule has 1 saturated carbocycles. The van der Waals surface area contributed by atoms with Crippen LogP contribution in [-0.4, -0.2) is 31.9 Å². The van der Waals surface area contributed by atoms with E-state index < -0.39 is 0 Å². The zero-order valence-corrected chi connectivity index (χ0v) is 12.5. The van der Waals surface area contributed by atoms with Crippen LogP contribution in [0, 0.1) is 0 Å². The van der Waals surface area contributed by atoms with Gasteiger partial charge >= 0.3 is 0 Å². The smallest absolute Gasteiger partial charge is 0.128 e. The van der Waals surface area contributed by atoms with E-state index in [-0.39, 0.29) is 12.2 Å². The largest absolute Gasteiger partial charge is 0.488 e. The Morgan fingerprint density at radius 1 is 1.20 bits per heavy atom. The van der Waals surface area contributed by atoms with E-state index in [2.05, 4.69) is 30.4 Å². The van der Waals surface area contributed by atoms with Gasteiger partial charge in [-0.25, -0.2) is 0 Å². The highest BCUT2D eigenvalue weighted by molar-refractivity contribution is 5.37. The van der Waals surface area contributed by atoms with Gasteiger partial charge in [-0.1, -0.05) is 13.0 Å². The third-order valence-corrected chi connectivity index (χ3v) is 4.60. The minimum atomic E-state index is 0.172. The van der Waals surface area contributed by atoms with Crippen LogP contribution in [0.15, 0.2) is 18.2 Å². The van der Waals surface area contributed by atoms with Crippen molar-refractivity contribution in [2.45, 2.75) is 57.3 Å². The number of hydrogen-bond donors (Lipinski definition) is 1. The maximum Gasteiger partial charge on any atom is 0.128 e. The topological polar surface area (TPSA) is 30.5 Å². The van der Waals surface area contributed by atoms with E-state index in [0.717, 1.165) is 18.7 Å².